The minimum absolute atomic E-state index is 0.0507. The molecule has 0 bridgehead atoms. The van der Waals surface area contributed by atoms with Crippen LogP contribution in [-0.2, 0) is 14.8 Å². The largest absolute Gasteiger partial charge is 0.348 e. The first kappa shape index (κ1) is 24.1. The maximum atomic E-state index is 12.5. The van der Waals surface area contributed by atoms with Gasteiger partial charge in [0.25, 0.3) is 0 Å². The monoisotopic (exact) mass is 431 g/mol. The van der Waals surface area contributed by atoms with E-state index in [9.17, 15) is 13.2 Å². The summed E-state index contributed by atoms with van der Waals surface area (Å²) in [6, 6.07) is 14.6. The highest BCUT2D eigenvalue weighted by Crippen LogP contribution is 2.24. The Bertz CT molecular complexity index is 937. The molecule has 0 aliphatic carbocycles. The summed E-state index contributed by atoms with van der Waals surface area (Å²) in [5.74, 6) is 0.684. The summed E-state index contributed by atoms with van der Waals surface area (Å²) in [7, 11) is -3.73. The van der Waals surface area contributed by atoms with Crippen LogP contribution in [0, 0.1) is 5.92 Å². The Morgan fingerprint density at radius 1 is 0.867 bits per heavy atom. The zero-order valence-electron chi connectivity index (χ0n) is 18.3. The number of amides is 1. The first-order valence-corrected chi connectivity index (χ1v) is 11.8. The lowest BCUT2D eigenvalue weighted by Crippen LogP contribution is -2.38. The van der Waals surface area contributed by atoms with E-state index in [0.717, 1.165) is 11.1 Å². The van der Waals surface area contributed by atoms with Gasteiger partial charge in [0.2, 0.25) is 15.9 Å². The van der Waals surface area contributed by atoms with Crippen LogP contribution in [0.5, 0.6) is 0 Å². The van der Waals surface area contributed by atoms with Gasteiger partial charge in [-0.1, -0.05) is 64.1 Å². The number of carbonyl (C=O) groups excluding carboxylic acids is 1. The second kappa shape index (κ2) is 10.2. The Morgan fingerprint density at radius 3 is 1.83 bits per heavy atom. The van der Waals surface area contributed by atoms with Crippen molar-refractivity contribution in [2.45, 2.75) is 57.5 Å². The molecule has 164 valence electrons. The van der Waals surface area contributed by atoms with Gasteiger partial charge >= 0.3 is 0 Å². The van der Waals surface area contributed by atoms with Crippen LogP contribution in [0.4, 0.5) is 0 Å². The number of primary sulfonamides is 1. The molecule has 1 amide bonds. The summed E-state index contributed by atoms with van der Waals surface area (Å²) >= 11 is 0. The maximum Gasteiger partial charge on any atom is 0.238 e. The second-order valence-corrected chi connectivity index (χ2v) is 9.89. The molecular formula is C23H33N3O3S. The summed E-state index contributed by atoms with van der Waals surface area (Å²) in [5.41, 5.74) is 3.26. The van der Waals surface area contributed by atoms with E-state index in [-0.39, 0.29) is 29.4 Å². The normalized spacial score (nSPS) is 14.0. The van der Waals surface area contributed by atoms with Gasteiger partial charge in [0.05, 0.1) is 17.5 Å². The van der Waals surface area contributed by atoms with Crippen molar-refractivity contribution >= 4 is 15.9 Å². The van der Waals surface area contributed by atoms with Gasteiger partial charge in [0.1, 0.15) is 0 Å². The molecule has 0 heterocycles. The average Bonchev–Trinajstić information content (AvgIpc) is 2.67. The molecule has 2 aromatic rings. The number of hydrogen-bond acceptors (Lipinski definition) is 4. The van der Waals surface area contributed by atoms with Crippen LogP contribution in [0.2, 0.25) is 0 Å². The van der Waals surface area contributed by atoms with E-state index in [1.807, 2.05) is 6.92 Å². The van der Waals surface area contributed by atoms with Crippen molar-refractivity contribution in [1.29, 1.82) is 0 Å². The van der Waals surface area contributed by atoms with Crippen LogP contribution in [0.1, 0.15) is 69.3 Å². The number of carbonyl (C=O) groups is 1. The van der Waals surface area contributed by atoms with E-state index in [0.29, 0.717) is 11.8 Å². The summed E-state index contributed by atoms with van der Waals surface area (Å²) in [6.45, 7) is 10.6. The van der Waals surface area contributed by atoms with Crippen LogP contribution in [0.3, 0.4) is 0 Å². The van der Waals surface area contributed by atoms with Gasteiger partial charge in [-0.05, 0) is 47.6 Å². The molecule has 0 aromatic heterocycles. The van der Waals surface area contributed by atoms with Gasteiger partial charge in [-0.2, -0.15) is 0 Å². The fourth-order valence-corrected chi connectivity index (χ4v) is 3.87. The van der Waals surface area contributed by atoms with Crippen LogP contribution in [0.25, 0.3) is 0 Å². The zero-order valence-corrected chi connectivity index (χ0v) is 19.2. The van der Waals surface area contributed by atoms with Crippen molar-refractivity contribution in [3.63, 3.8) is 0 Å². The highest BCUT2D eigenvalue weighted by molar-refractivity contribution is 7.89. The van der Waals surface area contributed by atoms with Crippen molar-refractivity contribution in [3.05, 3.63) is 65.2 Å². The lowest BCUT2D eigenvalue weighted by Gasteiger charge is -2.24. The van der Waals surface area contributed by atoms with Crippen LogP contribution < -0.4 is 15.8 Å². The predicted molar refractivity (Wildman–Crippen MR) is 120 cm³/mol. The molecule has 0 radical (unpaired) electrons. The average molecular weight is 432 g/mol. The van der Waals surface area contributed by atoms with E-state index in [2.05, 4.69) is 62.6 Å². The molecule has 0 saturated carbocycles. The van der Waals surface area contributed by atoms with Crippen LogP contribution in [-0.4, -0.2) is 20.9 Å². The van der Waals surface area contributed by atoms with Gasteiger partial charge in [-0.15, -0.1) is 0 Å². The molecule has 0 unspecified atom stereocenters. The Balaban J connectivity index is 1.97. The van der Waals surface area contributed by atoms with Gasteiger partial charge in [-0.3, -0.25) is 4.79 Å². The standard InChI is InChI=1S/C23H33N3O3S/c1-15(2)18-6-8-20(9-7-18)23(16(3)4)25-14-22(27)26-17(5)19-10-12-21(13-11-19)30(24,28)29/h6-13,15-17,23,25H,14H2,1-5H3,(H,26,27)(H2,24,28,29)/t17-,23-/m1/s1. The fraction of sp³-hybridized carbons (Fsp3) is 0.435. The molecule has 2 aromatic carbocycles. The van der Waals surface area contributed by atoms with Gasteiger partial charge < -0.3 is 10.6 Å². The van der Waals surface area contributed by atoms with Crippen molar-refractivity contribution < 1.29 is 13.2 Å². The number of hydrogen-bond donors (Lipinski definition) is 3. The lowest BCUT2D eigenvalue weighted by atomic mass is 9.93. The molecule has 0 saturated heterocycles. The van der Waals surface area contributed by atoms with E-state index in [4.69, 9.17) is 5.14 Å². The minimum atomic E-state index is -3.73. The van der Waals surface area contributed by atoms with E-state index in [1.54, 1.807) is 12.1 Å². The van der Waals surface area contributed by atoms with Crippen LogP contribution >= 0.6 is 0 Å². The van der Waals surface area contributed by atoms with Gasteiger partial charge in [0, 0.05) is 6.04 Å². The maximum absolute atomic E-state index is 12.5. The Kier molecular flexibility index (Phi) is 8.18. The zero-order chi connectivity index (χ0) is 22.5. The van der Waals surface area contributed by atoms with E-state index < -0.39 is 10.0 Å². The van der Waals surface area contributed by atoms with Crippen molar-refractivity contribution in [1.82, 2.24) is 10.6 Å². The topological polar surface area (TPSA) is 101 Å². The molecule has 30 heavy (non-hydrogen) atoms. The number of rotatable bonds is 9. The lowest BCUT2D eigenvalue weighted by molar-refractivity contribution is -0.121. The first-order chi connectivity index (χ1) is 14.0. The second-order valence-electron chi connectivity index (χ2n) is 8.33. The van der Waals surface area contributed by atoms with Crippen LogP contribution in [0.15, 0.2) is 53.4 Å². The Hall–Kier alpha value is -2.22. The number of sulfonamides is 1. The minimum Gasteiger partial charge on any atom is -0.348 e. The number of nitrogens with two attached hydrogens (primary N) is 1. The van der Waals surface area contributed by atoms with Gasteiger partial charge in [-0.25, -0.2) is 13.6 Å². The SMILES string of the molecule is CC(C)c1ccc([C@H](NCC(=O)N[C@H](C)c2ccc(S(N)(=O)=O)cc2)C(C)C)cc1. The first-order valence-electron chi connectivity index (χ1n) is 10.2. The van der Waals surface area contributed by atoms with Gasteiger partial charge in [0.15, 0.2) is 0 Å². The molecule has 0 aliphatic rings. The van der Waals surface area contributed by atoms with E-state index in [1.165, 1.54) is 17.7 Å². The molecule has 0 spiro atoms. The molecule has 7 heteroatoms. The third-order valence-corrected chi connectivity index (χ3v) is 6.13. The number of benzene rings is 2. The number of nitrogens with one attached hydrogen (secondary N) is 2. The third kappa shape index (κ3) is 6.65. The van der Waals surface area contributed by atoms with Crippen molar-refractivity contribution in [2.75, 3.05) is 6.54 Å². The molecule has 2 atom stereocenters. The molecular weight excluding hydrogens is 398 g/mol. The quantitative estimate of drug-likeness (QED) is 0.564. The van der Waals surface area contributed by atoms with Crippen molar-refractivity contribution in [3.8, 4) is 0 Å². The summed E-state index contributed by atoms with van der Waals surface area (Å²) < 4.78 is 22.7. The van der Waals surface area contributed by atoms with E-state index >= 15 is 0 Å². The molecule has 0 fully saturated rings. The molecule has 2 rings (SSSR count). The predicted octanol–water partition coefficient (Wildman–Crippen LogP) is 3.62. The summed E-state index contributed by atoms with van der Waals surface area (Å²) in [4.78, 5) is 12.5. The molecule has 6 nitrogen and oxygen atoms in total. The Morgan fingerprint density at radius 2 is 1.37 bits per heavy atom. The fourth-order valence-electron chi connectivity index (χ4n) is 3.35. The Labute approximate surface area is 180 Å². The highest BCUT2D eigenvalue weighted by atomic mass is 32.2. The molecule has 0 aliphatic heterocycles. The molecule has 4 N–H and O–H groups in total. The van der Waals surface area contributed by atoms with Crippen molar-refractivity contribution in [2.24, 2.45) is 11.1 Å². The third-order valence-electron chi connectivity index (χ3n) is 5.20. The smallest absolute Gasteiger partial charge is 0.238 e. The highest BCUT2D eigenvalue weighted by Gasteiger charge is 2.18. The summed E-state index contributed by atoms with van der Waals surface area (Å²) in [6.07, 6.45) is 0. The summed E-state index contributed by atoms with van der Waals surface area (Å²) in [5, 5.41) is 11.4.